The van der Waals surface area contributed by atoms with Crippen molar-refractivity contribution in [3.8, 4) is 6.07 Å². The molecule has 1 saturated carbocycles. The second-order valence-electron chi connectivity index (χ2n) is 5.53. The predicted octanol–water partition coefficient (Wildman–Crippen LogP) is 2.77. The summed E-state index contributed by atoms with van der Waals surface area (Å²) in [5, 5.41) is 12.2. The SMILES string of the molecule is CC1CC(C)CC(Nc2ncc(C#N)cc2N)C1. The normalized spacial score (nSPS) is 27.5. The monoisotopic (exact) mass is 244 g/mol. The fraction of sp³-hybridized carbons (Fsp3) is 0.571. The van der Waals surface area contributed by atoms with Gasteiger partial charge < -0.3 is 11.1 Å². The van der Waals surface area contributed by atoms with Crippen molar-refractivity contribution in [1.82, 2.24) is 4.98 Å². The number of pyridine rings is 1. The quantitative estimate of drug-likeness (QED) is 0.838. The van der Waals surface area contributed by atoms with Crippen LogP contribution in [0, 0.1) is 23.2 Å². The van der Waals surface area contributed by atoms with Gasteiger partial charge in [-0.15, -0.1) is 0 Å². The number of aromatic nitrogens is 1. The van der Waals surface area contributed by atoms with Crippen molar-refractivity contribution >= 4 is 11.5 Å². The molecule has 1 fully saturated rings. The van der Waals surface area contributed by atoms with Gasteiger partial charge in [0.25, 0.3) is 0 Å². The van der Waals surface area contributed by atoms with Crippen molar-refractivity contribution in [3.63, 3.8) is 0 Å². The summed E-state index contributed by atoms with van der Waals surface area (Å²) in [7, 11) is 0. The Balaban J connectivity index is 2.07. The van der Waals surface area contributed by atoms with Gasteiger partial charge in [-0.3, -0.25) is 0 Å². The molecule has 0 amide bonds. The van der Waals surface area contributed by atoms with Crippen LogP contribution in [0.3, 0.4) is 0 Å². The van der Waals surface area contributed by atoms with Crippen LogP contribution in [0.15, 0.2) is 12.3 Å². The van der Waals surface area contributed by atoms with Crippen LogP contribution in [0.4, 0.5) is 11.5 Å². The first-order valence-electron chi connectivity index (χ1n) is 6.50. The number of nitrogens with one attached hydrogen (secondary N) is 1. The molecule has 0 aliphatic heterocycles. The summed E-state index contributed by atoms with van der Waals surface area (Å²) < 4.78 is 0. The molecule has 1 aliphatic carbocycles. The van der Waals surface area contributed by atoms with Crippen molar-refractivity contribution in [2.75, 3.05) is 11.1 Å². The molecule has 0 bridgehead atoms. The zero-order valence-corrected chi connectivity index (χ0v) is 11.0. The standard InChI is InChI=1S/C14H20N4/c1-9-3-10(2)5-12(4-9)18-14-13(16)6-11(7-15)8-17-14/h6,8-10,12H,3-5,16H2,1-2H3,(H,17,18). The molecule has 0 saturated heterocycles. The molecule has 4 heteroatoms. The van der Waals surface area contributed by atoms with Crippen LogP contribution in [0.25, 0.3) is 0 Å². The minimum atomic E-state index is 0.437. The number of nitrogen functional groups attached to an aromatic ring is 1. The predicted molar refractivity (Wildman–Crippen MR) is 73.0 cm³/mol. The summed E-state index contributed by atoms with van der Waals surface area (Å²) >= 11 is 0. The molecule has 2 unspecified atom stereocenters. The lowest BCUT2D eigenvalue weighted by molar-refractivity contribution is 0.280. The fourth-order valence-corrected chi connectivity index (χ4v) is 2.92. The highest BCUT2D eigenvalue weighted by molar-refractivity contribution is 5.63. The van der Waals surface area contributed by atoms with Crippen molar-refractivity contribution in [2.45, 2.75) is 39.2 Å². The van der Waals surface area contributed by atoms with E-state index in [0.29, 0.717) is 23.1 Å². The molecule has 1 heterocycles. The molecule has 18 heavy (non-hydrogen) atoms. The Bertz CT molecular complexity index is 453. The van der Waals surface area contributed by atoms with Crippen molar-refractivity contribution in [1.29, 1.82) is 5.26 Å². The zero-order chi connectivity index (χ0) is 13.1. The maximum atomic E-state index is 8.78. The lowest BCUT2D eigenvalue weighted by Gasteiger charge is -2.32. The molecule has 0 radical (unpaired) electrons. The molecular weight excluding hydrogens is 224 g/mol. The number of nitrogens with zero attached hydrogens (tertiary/aromatic N) is 2. The average Bonchev–Trinajstić information content (AvgIpc) is 2.30. The molecule has 2 atom stereocenters. The van der Waals surface area contributed by atoms with Crippen LogP contribution in [0.2, 0.25) is 0 Å². The minimum Gasteiger partial charge on any atom is -0.396 e. The Morgan fingerprint density at radius 1 is 1.33 bits per heavy atom. The zero-order valence-electron chi connectivity index (χ0n) is 11.0. The van der Waals surface area contributed by atoms with E-state index in [2.05, 4.69) is 24.1 Å². The third-order valence-corrected chi connectivity index (χ3v) is 3.57. The maximum absolute atomic E-state index is 8.78. The molecule has 0 aromatic carbocycles. The minimum absolute atomic E-state index is 0.437. The third kappa shape index (κ3) is 2.92. The van der Waals surface area contributed by atoms with Gasteiger partial charge in [-0.2, -0.15) is 5.26 Å². The van der Waals surface area contributed by atoms with E-state index in [1.54, 1.807) is 12.3 Å². The van der Waals surface area contributed by atoms with E-state index in [0.717, 1.165) is 24.7 Å². The van der Waals surface area contributed by atoms with E-state index in [-0.39, 0.29) is 0 Å². The van der Waals surface area contributed by atoms with Gasteiger partial charge in [0.1, 0.15) is 11.9 Å². The van der Waals surface area contributed by atoms with Crippen LogP contribution < -0.4 is 11.1 Å². The highest BCUT2D eigenvalue weighted by Crippen LogP contribution is 2.31. The van der Waals surface area contributed by atoms with Gasteiger partial charge in [-0.25, -0.2) is 4.98 Å². The van der Waals surface area contributed by atoms with Gasteiger partial charge in [0.15, 0.2) is 0 Å². The lowest BCUT2D eigenvalue weighted by atomic mass is 9.80. The van der Waals surface area contributed by atoms with Gasteiger partial charge in [-0.05, 0) is 37.2 Å². The topological polar surface area (TPSA) is 74.7 Å². The smallest absolute Gasteiger partial charge is 0.149 e. The highest BCUT2D eigenvalue weighted by atomic mass is 15.0. The summed E-state index contributed by atoms with van der Waals surface area (Å²) in [6.07, 6.45) is 5.18. The van der Waals surface area contributed by atoms with Gasteiger partial charge >= 0.3 is 0 Å². The molecule has 1 aromatic heterocycles. The number of hydrogen-bond donors (Lipinski definition) is 2. The molecule has 2 rings (SSSR count). The fourth-order valence-electron chi connectivity index (χ4n) is 2.92. The van der Waals surface area contributed by atoms with Crippen LogP contribution in [0.5, 0.6) is 0 Å². The number of hydrogen-bond acceptors (Lipinski definition) is 4. The Morgan fingerprint density at radius 2 is 2.00 bits per heavy atom. The van der Waals surface area contributed by atoms with Gasteiger partial charge in [0.05, 0.1) is 11.3 Å². The Labute approximate surface area is 108 Å². The van der Waals surface area contributed by atoms with E-state index < -0.39 is 0 Å². The average molecular weight is 244 g/mol. The van der Waals surface area contributed by atoms with E-state index >= 15 is 0 Å². The van der Waals surface area contributed by atoms with Crippen LogP contribution in [-0.2, 0) is 0 Å². The number of nitriles is 1. The second-order valence-corrected chi connectivity index (χ2v) is 5.53. The highest BCUT2D eigenvalue weighted by Gasteiger charge is 2.24. The van der Waals surface area contributed by atoms with E-state index in [4.69, 9.17) is 11.0 Å². The molecule has 3 N–H and O–H groups in total. The first-order valence-corrected chi connectivity index (χ1v) is 6.50. The maximum Gasteiger partial charge on any atom is 0.149 e. The molecule has 0 spiro atoms. The molecule has 1 aliphatic rings. The lowest BCUT2D eigenvalue weighted by Crippen LogP contribution is -2.30. The second kappa shape index (κ2) is 5.26. The van der Waals surface area contributed by atoms with Crippen molar-refractivity contribution < 1.29 is 0 Å². The number of rotatable bonds is 2. The Kier molecular flexibility index (Phi) is 3.71. The van der Waals surface area contributed by atoms with Gasteiger partial charge in [0.2, 0.25) is 0 Å². The Hall–Kier alpha value is -1.76. The van der Waals surface area contributed by atoms with E-state index in [1.165, 1.54) is 6.42 Å². The van der Waals surface area contributed by atoms with Gasteiger partial charge in [0, 0.05) is 12.2 Å². The number of anilines is 2. The molecular formula is C14H20N4. The summed E-state index contributed by atoms with van der Waals surface area (Å²) in [4.78, 5) is 4.23. The van der Waals surface area contributed by atoms with Gasteiger partial charge in [-0.1, -0.05) is 13.8 Å². The van der Waals surface area contributed by atoms with Crippen LogP contribution >= 0.6 is 0 Å². The summed E-state index contributed by atoms with van der Waals surface area (Å²) in [5.41, 5.74) is 6.97. The summed E-state index contributed by atoms with van der Waals surface area (Å²) in [6, 6.07) is 4.15. The molecule has 4 nitrogen and oxygen atoms in total. The third-order valence-electron chi connectivity index (χ3n) is 3.57. The molecule has 1 aromatic rings. The largest absolute Gasteiger partial charge is 0.396 e. The summed E-state index contributed by atoms with van der Waals surface area (Å²) in [5.74, 6) is 2.19. The Morgan fingerprint density at radius 3 is 2.56 bits per heavy atom. The number of nitrogens with two attached hydrogens (primary N) is 1. The summed E-state index contributed by atoms with van der Waals surface area (Å²) in [6.45, 7) is 4.58. The van der Waals surface area contributed by atoms with Crippen LogP contribution in [-0.4, -0.2) is 11.0 Å². The van der Waals surface area contributed by atoms with Crippen molar-refractivity contribution in [3.05, 3.63) is 17.8 Å². The van der Waals surface area contributed by atoms with E-state index in [1.807, 2.05) is 6.07 Å². The van der Waals surface area contributed by atoms with Crippen LogP contribution in [0.1, 0.15) is 38.7 Å². The van der Waals surface area contributed by atoms with E-state index in [9.17, 15) is 0 Å². The first kappa shape index (κ1) is 12.7. The first-order chi connectivity index (χ1) is 8.58. The molecule has 96 valence electrons. The van der Waals surface area contributed by atoms with Crippen molar-refractivity contribution in [2.24, 2.45) is 11.8 Å².